The summed E-state index contributed by atoms with van der Waals surface area (Å²) in [5, 5.41) is 0. The van der Waals surface area contributed by atoms with E-state index in [4.69, 9.17) is 4.74 Å². The van der Waals surface area contributed by atoms with Crippen LogP contribution in [0, 0.1) is 0 Å². The molecule has 1 aliphatic rings. The van der Waals surface area contributed by atoms with E-state index in [1.807, 2.05) is 37.3 Å². The van der Waals surface area contributed by atoms with Gasteiger partial charge in [-0.15, -0.1) is 0 Å². The summed E-state index contributed by atoms with van der Waals surface area (Å²) in [6.45, 7) is 1.88. The highest BCUT2D eigenvalue weighted by molar-refractivity contribution is 5.95. The summed E-state index contributed by atoms with van der Waals surface area (Å²) in [7, 11) is 1.70. The van der Waals surface area contributed by atoms with Crippen molar-refractivity contribution >= 4 is 11.9 Å². The molecule has 0 aliphatic carbocycles. The van der Waals surface area contributed by atoms with E-state index in [0.29, 0.717) is 0 Å². The van der Waals surface area contributed by atoms with Crippen molar-refractivity contribution in [1.29, 1.82) is 0 Å². The number of rotatable bonds is 1. The molecule has 0 spiro atoms. The van der Waals surface area contributed by atoms with E-state index in [2.05, 4.69) is 0 Å². The number of hydrogen-bond acceptors (Lipinski definition) is 3. The van der Waals surface area contributed by atoms with Crippen LogP contribution in [0.15, 0.2) is 30.3 Å². The van der Waals surface area contributed by atoms with Gasteiger partial charge in [0.1, 0.15) is 12.5 Å². The fraction of sp³-hybridized carbons (Fsp3) is 0.385. The largest absolute Gasteiger partial charge is 0.455 e. The quantitative estimate of drug-likeness (QED) is 0.546. The predicted molar refractivity (Wildman–Crippen MR) is 62.1 cm³/mol. The number of hydrogen-bond donors (Lipinski definition) is 0. The molecule has 1 aromatic carbocycles. The Bertz CT molecular complexity index is 430. The second kappa shape index (κ2) is 4.57. The zero-order valence-electron chi connectivity index (χ0n) is 9.92. The molecule has 2 atom stereocenters. The van der Waals surface area contributed by atoms with Gasteiger partial charge in [-0.2, -0.15) is 0 Å². The van der Waals surface area contributed by atoms with Crippen molar-refractivity contribution < 1.29 is 14.3 Å². The smallest absolute Gasteiger partial charge is 0.316 e. The molecule has 0 unspecified atom stereocenters. The minimum atomic E-state index is -0.458. The number of carbonyl (C=O) groups is 2. The Kier molecular flexibility index (Phi) is 3.13. The first-order chi connectivity index (χ1) is 8.09. The monoisotopic (exact) mass is 233 g/mol. The zero-order valence-corrected chi connectivity index (χ0v) is 9.92. The number of cyclic esters (lactones) is 1. The van der Waals surface area contributed by atoms with Crippen molar-refractivity contribution in [2.45, 2.75) is 25.5 Å². The molecule has 0 radical (unpaired) electrons. The van der Waals surface area contributed by atoms with Crippen LogP contribution in [0.25, 0.3) is 0 Å². The van der Waals surface area contributed by atoms with Gasteiger partial charge < -0.3 is 9.64 Å². The molecule has 1 amide bonds. The molecule has 1 heterocycles. The van der Waals surface area contributed by atoms with E-state index in [9.17, 15) is 9.59 Å². The van der Waals surface area contributed by atoms with Gasteiger partial charge in [0.2, 0.25) is 5.91 Å². The highest BCUT2D eigenvalue weighted by Crippen LogP contribution is 2.27. The lowest BCUT2D eigenvalue weighted by molar-refractivity contribution is -0.149. The van der Waals surface area contributed by atoms with Crippen LogP contribution in [0.2, 0.25) is 0 Å². The first kappa shape index (κ1) is 11.6. The Morgan fingerprint density at radius 1 is 1.24 bits per heavy atom. The lowest BCUT2D eigenvalue weighted by atomic mass is 10.0. The summed E-state index contributed by atoms with van der Waals surface area (Å²) in [5.74, 6) is -0.652. The van der Waals surface area contributed by atoms with Gasteiger partial charge in [0.15, 0.2) is 0 Å². The van der Waals surface area contributed by atoms with E-state index < -0.39 is 5.97 Å². The second-order valence-electron chi connectivity index (χ2n) is 4.24. The Morgan fingerprint density at radius 3 is 2.53 bits per heavy atom. The third-order valence-corrected chi connectivity index (χ3v) is 3.12. The Balaban J connectivity index is 2.32. The maximum absolute atomic E-state index is 11.6. The molecule has 4 heteroatoms. The molecule has 1 aromatic rings. The van der Waals surface area contributed by atoms with E-state index >= 15 is 0 Å². The van der Waals surface area contributed by atoms with Gasteiger partial charge in [-0.3, -0.25) is 9.59 Å². The summed E-state index contributed by atoms with van der Waals surface area (Å²) in [4.78, 5) is 24.7. The molecule has 0 bridgehead atoms. The molecule has 1 fully saturated rings. The first-order valence-electron chi connectivity index (χ1n) is 5.59. The maximum atomic E-state index is 11.6. The molecule has 0 aromatic heterocycles. The number of amides is 1. The Morgan fingerprint density at radius 2 is 1.88 bits per heavy atom. The van der Waals surface area contributed by atoms with Crippen LogP contribution in [0.1, 0.15) is 25.0 Å². The molecular weight excluding hydrogens is 218 g/mol. The molecular formula is C13H15NO3. The van der Waals surface area contributed by atoms with Crippen molar-refractivity contribution in [3.8, 4) is 0 Å². The number of esters is 1. The zero-order chi connectivity index (χ0) is 12.4. The minimum absolute atomic E-state index is 0.156. The topological polar surface area (TPSA) is 46.6 Å². The summed E-state index contributed by atoms with van der Waals surface area (Å²) in [6, 6.07) is 9.33. The highest BCUT2D eigenvalue weighted by Gasteiger charge is 2.33. The lowest BCUT2D eigenvalue weighted by Gasteiger charge is -2.28. The van der Waals surface area contributed by atoms with Gasteiger partial charge in [0.05, 0.1) is 6.04 Å². The molecule has 0 N–H and O–H groups in total. The summed E-state index contributed by atoms with van der Waals surface area (Å²) < 4.78 is 5.35. The van der Waals surface area contributed by atoms with E-state index in [0.717, 1.165) is 5.56 Å². The van der Waals surface area contributed by atoms with E-state index in [1.54, 1.807) is 11.9 Å². The maximum Gasteiger partial charge on any atom is 0.316 e. The van der Waals surface area contributed by atoms with Gasteiger partial charge in [-0.25, -0.2) is 0 Å². The lowest BCUT2D eigenvalue weighted by Crippen LogP contribution is -2.37. The highest BCUT2D eigenvalue weighted by atomic mass is 16.5. The molecule has 17 heavy (non-hydrogen) atoms. The van der Waals surface area contributed by atoms with Crippen LogP contribution < -0.4 is 0 Å². The van der Waals surface area contributed by atoms with Crippen molar-refractivity contribution in [3.05, 3.63) is 35.9 Å². The molecule has 1 saturated heterocycles. The first-order valence-corrected chi connectivity index (χ1v) is 5.59. The Hall–Kier alpha value is -1.84. The van der Waals surface area contributed by atoms with Gasteiger partial charge in [0, 0.05) is 7.05 Å². The predicted octanol–water partition coefficient (Wildman–Crippen LogP) is 1.52. The standard InChI is InChI=1S/C13H15NO3/c1-9-13(10-6-4-3-5-7-10)17-12(16)8-11(15)14(9)2/h3-7,9,13H,8H2,1-2H3/t9-,13-/m0/s1. The molecule has 4 nitrogen and oxygen atoms in total. The van der Waals surface area contributed by atoms with Gasteiger partial charge in [0.25, 0.3) is 0 Å². The van der Waals surface area contributed by atoms with Crippen molar-refractivity contribution in [2.24, 2.45) is 0 Å². The minimum Gasteiger partial charge on any atom is -0.455 e. The number of benzene rings is 1. The fourth-order valence-electron chi connectivity index (χ4n) is 1.95. The Labute approximate surface area is 100 Å². The number of nitrogens with zero attached hydrogens (tertiary/aromatic N) is 1. The van der Waals surface area contributed by atoms with Crippen LogP contribution in [0.3, 0.4) is 0 Å². The van der Waals surface area contributed by atoms with E-state index in [1.165, 1.54) is 0 Å². The summed E-state index contributed by atoms with van der Waals surface area (Å²) in [6.07, 6.45) is -0.565. The van der Waals surface area contributed by atoms with Crippen LogP contribution in [-0.2, 0) is 14.3 Å². The molecule has 2 rings (SSSR count). The molecule has 90 valence electrons. The van der Waals surface area contributed by atoms with Crippen molar-refractivity contribution in [2.75, 3.05) is 7.05 Å². The molecule has 1 aliphatic heterocycles. The average molecular weight is 233 g/mol. The van der Waals surface area contributed by atoms with Crippen LogP contribution in [0.4, 0.5) is 0 Å². The summed E-state index contributed by atoms with van der Waals surface area (Å²) in [5.41, 5.74) is 0.912. The molecule has 0 saturated carbocycles. The van der Waals surface area contributed by atoms with E-state index in [-0.39, 0.29) is 24.5 Å². The van der Waals surface area contributed by atoms with Crippen molar-refractivity contribution in [1.82, 2.24) is 4.90 Å². The third kappa shape index (κ3) is 2.30. The average Bonchev–Trinajstić information content (AvgIpc) is 2.43. The second-order valence-corrected chi connectivity index (χ2v) is 4.24. The van der Waals surface area contributed by atoms with Crippen molar-refractivity contribution in [3.63, 3.8) is 0 Å². The fourth-order valence-corrected chi connectivity index (χ4v) is 1.95. The normalized spacial score (nSPS) is 25.4. The number of carbonyl (C=O) groups excluding carboxylic acids is 2. The SMILES string of the molecule is C[C@H]1[C@@H](c2ccccc2)OC(=O)CC(=O)N1C. The summed E-state index contributed by atoms with van der Waals surface area (Å²) >= 11 is 0. The van der Waals surface area contributed by atoms with Gasteiger partial charge in [-0.05, 0) is 12.5 Å². The van der Waals surface area contributed by atoms with Crippen LogP contribution in [0.5, 0.6) is 0 Å². The van der Waals surface area contributed by atoms with Gasteiger partial charge in [-0.1, -0.05) is 30.3 Å². The number of likely N-dealkylation sites (N-methyl/N-ethyl adjacent to an activating group) is 1. The van der Waals surface area contributed by atoms with Crippen LogP contribution in [-0.4, -0.2) is 29.9 Å². The number of ether oxygens (including phenoxy) is 1. The third-order valence-electron chi connectivity index (χ3n) is 3.12. The van der Waals surface area contributed by atoms with Gasteiger partial charge >= 0.3 is 5.97 Å². The van der Waals surface area contributed by atoms with Crippen LogP contribution >= 0.6 is 0 Å².